The fourth-order valence-electron chi connectivity index (χ4n) is 0.409. The number of likely N-dealkylation sites (N-methyl/N-ethyl adjacent to an activating group) is 1. The van der Waals surface area contributed by atoms with Crippen molar-refractivity contribution in [1.82, 2.24) is 14.8 Å². The van der Waals surface area contributed by atoms with Gasteiger partial charge in [0.05, 0.1) is 0 Å². The third-order valence-electron chi connectivity index (χ3n) is 1.34. The predicted octanol–water partition coefficient (Wildman–Crippen LogP) is -1.35. The fourth-order valence-corrected chi connectivity index (χ4v) is 1.02. The van der Waals surface area contributed by atoms with Gasteiger partial charge in [0.25, 0.3) is 10.2 Å². The van der Waals surface area contributed by atoms with Crippen LogP contribution in [0, 0.1) is 0 Å². The maximum Gasteiger partial charge on any atom is 0.276 e. The lowest BCUT2D eigenvalue weighted by Gasteiger charge is -2.10. The fraction of sp³-hybridized carbons (Fsp3) is 1.00. The van der Waals surface area contributed by atoms with Gasteiger partial charge in [0.1, 0.15) is 0 Å². The minimum atomic E-state index is -3.26. The smallest absolute Gasteiger partial charge is 0.276 e. The third-order valence-corrected chi connectivity index (χ3v) is 2.43. The standard InChI is InChI=1S/C5H15N3O2S/c1-5(6-2)4-8-11(9,10)7-3/h5-8H,4H2,1-3H3. The highest BCUT2D eigenvalue weighted by Crippen LogP contribution is 1.78. The second kappa shape index (κ2) is 4.66. The Morgan fingerprint density at radius 2 is 1.91 bits per heavy atom. The van der Waals surface area contributed by atoms with Crippen LogP contribution in [0.5, 0.6) is 0 Å². The third kappa shape index (κ3) is 5.14. The van der Waals surface area contributed by atoms with Crippen LogP contribution in [-0.2, 0) is 10.2 Å². The molecule has 0 aliphatic rings. The van der Waals surface area contributed by atoms with Crippen molar-refractivity contribution >= 4 is 10.2 Å². The first-order valence-electron chi connectivity index (χ1n) is 3.37. The molecular formula is C5H15N3O2S. The molecule has 5 nitrogen and oxygen atoms in total. The van der Waals surface area contributed by atoms with E-state index in [1.54, 1.807) is 7.05 Å². The van der Waals surface area contributed by atoms with Crippen molar-refractivity contribution in [3.05, 3.63) is 0 Å². The van der Waals surface area contributed by atoms with E-state index in [0.29, 0.717) is 6.54 Å². The van der Waals surface area contributed by atoms with Crippen molar-refractivity contribution in [1.29, 1.82) is 0 Å². The van der Waals surface area contributed by atoms with E-state index >= 15 is 0 Å². The Bertz CT molecular complexity index is 190. The number of hydrogen-bond donors (Lipinski definition) is 3. The summed E-state index contributed by atoms with van der Waals surface area (Å²) in [7, 11) is -0.121. The molecule has 11 heavy (non-hydrogen) atoms. The SMILES string of the molecule is CNC(C)CNS(=O)(=O)NC. The molecule has 0 spiro atoms. The molecule has 6 heteroatoms. The highest BCUT2D eigenvalue weighted by Gasteiger charge is 2.06. The van der Waals surface area contributed by atoms with E-state index in [1.165, 1.54) is 7.05 Å². The van der Waals surface area contributed by atoms with E-state index in [-0.39, 0.29) is 6.04 Å². The first-order valence-corrected chi connectivity index (χ1v) is 4.85. The Kier molecular flexibility index (Phi) is 4.58. The summed E-state index contributed by atoms with van der Waals surface area (Å²) in [4.78, 5) is 0. The van der Waals surface area contributed by atoms with Crippen LogP contribution < -0.4 is 14.8 Å². The first-order chi connectivity index (χ1) is 5.02. The van der Waals surface area contributed by atoms with Gasteiger partial charge in [-0.3, -0.25) is 0 Å². The number of rotatable bonds is 5. The van der Waals surface area contributed by atoms with E-state index in [9.17, 15) is 8.42 Å². The van der Waals surface area contributed by atoms with Gasteiger partial charge in [0.2, 0.25) is 0 Å². The van der Waals surface area contributed by atoms with Gasteiger partial charge in [0.15, 0.2) is 0 Å². The van der Waals surface area contributed by atoms with Gasteiger partial charge < -0.3 is 5.32 Å². The van der Waals surface area contributed by atoms with E-state index < -0.39 is 10.2 Å². The van der Waals surface area contributed by atoms with E-state index in [2.05, 4.69) is 14.8 Å². The summed E-state index contributed by atoms with van der Waals surface area (Å²) in [6, 6.07) is 0.137. The zero-order valence-corrected chi connectivity index (χ0v) is 7.83. The number of nitrogens with one attached hydrogen (secondary N) is 3. The van der Waals surface area contributed by atoms with Crippen LogP contribution in [0.4, 0.5) is 0 Å². The number of hydrogen-bond acceptors (Lipinski definition) is 3. The Morgan fingerprint density at radius 1 is 1.36 bits per heavy atom. The highest BCUT2D eigenvalue weighted by molar-refractivity contribution is 7.87. The lowest BCUT2D eigenvalue weighted by Crippen LogP contribution is -2.41. The van der Waals surface area contributed by atoms with Gasteiger partial charge in [-0.25, -0.2) is 9.44 Å². The molecule has 0 saturated carbocycles. The summed E-state index contributed by atoms with van der Waals surface area (Å²) >= 11 is 0. The van der Waals surface area contributed by atoms with Gasteiger partial charge in [-0.15, -0.1) is 0 Å². The van der Waals surface area contributed by atoms with Crippen LogP contribution in [0.2, 0.25) is 0 Å². The Balaban J connectivity index is 3.71. The quantitative estimate of drug-likeness (QED) is 0.491. The average Bonchev–Trinajstić information content (AvgIpc) is 2.00. The lowest BCUT2D eigenvalue weighted by atomic mass is 10.4. The van der Waals surface area contributed by atoms with Crippen LogP contribution in [-0.4, -0.2) is 35.1 Å². The van der Waals surface area contributed by atoms with E-state index in [1.807, 2.05) is 6.92 Å². The Morgan fingerprint density at radius 3 is 2.27 bits per heavy atom. The summed E-state index contributed by atoms with van der Waals surface area (Å²) in [6.07, 6.45) is 0. The van der Waals surface area contributed by atoms with Crippen molar-refractivity contribution in [2.75, 3.05) is 20.6 Å². The molecule has 0 fully saturated rings. The molecule has 3 N–H and O–H groups in total. The lowest BCUT2D eigenvalue weighted by molar-refractivity contribution is 0.548. The Hall–Kier alpha value is -0.170. The summed E-state index contributed by atoms with van der Waals surface area (Å²) in [5, 5.41) is 2.91. The molecule has 68 valence electrons. The van der Waals surface area contributed by atoms with Crippen LogP contribution >= 0.6 is 0 Å². The molecule has 0 saturated heterocycles. The Labute approximate surface area is 67.7 Å². The summed E-state index contributed by atoms with van der Waals surface area (Å²) < 4.78 is 26.1. The maximum atomic E-state index is 10.8. The second-order valence-corrected chi connectivity index (χ2v) is 3.95. The molecule has 0 rings (SSSR count). The minimum absolute atomic E-state index is 0.137. The normalized spacial score (nSPS) is 14.8. The average molecular weight is 181 g/mol. The van der Waals surface area contributed by atoms with Gasteiger partial charge in [-0.1, -0.05) is 0 Å². The van der Waals surface area contributed by atoms with Crippen molar-refractivity contribution in [3.63, 3.8) is 0 Å². The minimum Gasteiger partial charge on any atom is -0.316 e. The molecule has 0 aliphatic heterocycles. The molecular weight excluding hydrogens is 166 g/mol. The first kappa shape index (κ1) is 10.8. The maximum absolute atomic E-state index is 10.8. The van der Waals surface area contributed by atoms with Gasteiger partial charge in [-0.2, -0.15) is 8.42 Å². The largest absolute Gasteiger partial charge is 0.316 e. The molecule has 0 amide bonds. The summed E-state index contributed by atoms with van der Waals surface area (Å²) in [6.45, 7) is 2.28. The van der Waals surface area contributed by atoms with Crippen LogP contribution in [0.15, 0.2) is 0 Å². The zero-order chi connectivity index (χ0) is 8.91. The van der Waals surface area contributed by atoms with Gasteiger partial charge in [0, 0.05) is 19.6 Å². The van der Waals surface area contributed by atoms with Crippen molar-refractivity contribution in [3.8, 4) is 0 Å². The molecule has 0 bridgehead atoms. The van der Waals surface area contributed by atoms with Crippen molar-refractivity contribution < 1.29 is 8.42 Å². The van der Waals surface area contributed by atoms with Crippen LogP contribution in [0.3, 0.4) is 0 Å². The van der Waals surface area contributed by atoms with Gasteiger partial charge in [-0.05, 0) is 14.0 Å². The molecule has 0 aliphatic carbocycles. The predicted molar refractivity (Wildman–Crippen MR) is 44.5 cm³/mol. The van der Waals surface area contributed by atoms with Gasteiger partial charge >= 0.3 is 0 Å². The topological polar surface area (TPSA) is 70.2 Å². The summed E-state index contributed by atoms with van der Waals surface area (Å²) in [5.74, 6) is 0. The summed E-state index contributed by atoms with van der Waals surface area (Å²) in [5.41, 5.74) is 0. The molecule has 0 aromatic heterocycles. The molecule has 0 radical (unpaired) electrons. The second-order valence-electron chi connectivity index (χ2n) is 2.25. The van der Waals surface area contributed by atoms with E-state index in [4.69, 9.17) is 0 Å². The molecule has 1 atom stereocenters. The van der Waals surface area contributed by atoms with Crippen LogP contribution in [0.25, 0.3) is 0 Å². The monoisotopic (exact) mass is 181 g/mol. The highest BCUT2D eigenvalue weighted by atomic mass is 32.2. The molecule has 0 aromatic carbocycles. The molecule has 0 aromatic rings. The van der Waals surface area contributed by atoms with Crippen LogP contribution in [0.1, 0.15) is 6.92 Å². The zero-order valence-electron chi connectivity index (χ0n) is 7.01. The van der Waals surface area contributed by atoms with Crippen molar-refractivity contribution in [2.24, 2.45) is 0 Å². The molecule has 0 heterocycles. The molecule has 1 unspecified atom stereocenters. The van der Waals surface area contributed by atoms with E-state index in [0.717, 1.165) is 0 Å². The van der Waals surface area contributed by atoms with Crippen molar-refractivity contribution in [2.45, 2.75) is 13.0 Å².